The zero-order valence-corrected chi connectivity index (χ0v) is 9.07. The zero-order chi connectivity index (χ0) is 10.6. The molecule has 0 heterocycles. The lowest BCUT2D eigenvalue weighted by Crippen LogP contribution is -2.00. The predicted molar refractivity (Wildman–Crippen MR) is 58.1 cm³/mol. The smallest absolute Gasteiger partial charge is 0.142 e. The predicted octanol–water partition coefficient (Wildman–Crippen LogP) is 3.07. The minimum absolute atomic E-state index is 0.207. The SMILES string of the molecule is Cc1cc(F)c(Cl)cc1CCCCN. The Bertz CT molecular complexity index is 312. The molecule has 1 aromatic carbocycles. The summed E-state index contributed by atoms with van der Waals surface area (Å²) in [6.07, 6.45) is 2.94. The maximum Gasteiger partial charge on any atom is 0.142 e. The van der Waals surface area contributed by atoms with Gasteiger partial charge in [-0.05, 0) is 56.0 Å². The Morgan fingerprint density at radius 2 is 2.07 bits per heavy atom. The van der Waals surface area contributed by atoms with Crippen LogP contribution in [0.25, 0.3) is 0 Å². The monoisotopic (exact) mass is 215 g/mol. The molecule has 0 aliphatic rings. The number of halogens is 2. The summed E-state index contributed by atoms with van der Waals surface area (Å²) in [4.78, 5) is 0. The molecule has 0 unspecified atom stereocenters. The first kappa shape index (κ1) is 11.5. The molecule has 78 valence electrons. The summed E-state index contributed by atoms with van der Waals surface area (Å²) < 4.78 is 13.0. The molecule has 0 aliphatic heterocycles. The molecule has 14 heavy (non-hydrogen) atoms. The van der Waals surface area contributed by atoms with Crippen molar-refractivity contribution >= 4 is 11.6 Å². The van der Waals surface area contributed by atoms with Crippen molar-refractivity contribution in [3.63, 3.8) is 0 Å². The third-order valence-electron chi connectivity index (χ3n) is 2.28. The molecule has 0 saturated carbocycles. The molecule has 0 amide bonds. The molecule has 0 atom stereocenters. The van der Waals surface area contributed by atoms with Crippen LogP contribution in [0.2, 0.25) is 5.02 Å². The van der Waals surface area contributed by atoms with Crippen LogP contribution in [0.4, 0.5) is 4.39 Å². The minimum atomic E-state index is -0.341. The molecule has 1 aromatic rings. The highest BCUT2D eigenvalue weighted by Crippen LogP contribution is 2.21. The lowest BCUT2D eigenvalue weighted by atomic mass is 10.0. The summed E-state index contributed by atoms with van der Waals surface area (Å²) in [6, 6.07) is 3.20. The van der Waals surface area contributed by atoms with Gasteiger partial charge in [-0.15, -0.1) is 0 Å². The average Bonchev–Trinajstić information content (AvgIpc) is 2.14. The third kappa shape index (κ3) is 2.96. The van der Waals surface area contributed by atoms with Crippen molar-refractivity contribution in [3.8, 4) is 0 Å². The second-order valence-electron chi connectivity index (χ2n) is 3.44. The summed E-state index contributed by atoms with van der Waals surface area (Å²) in [5, 5.41) is 0.207. The first-order valence-corrected chi connectivity index (χ1v) is 5.17. The van der Waals surface area contributed by atoms with Crippen molar-refractivity contribution in [1.29, 1.82) is 0 Å². The molecule has 3 heteroatoms. The van der Waals surface area contributed by atoms with Gasteiger partial charge in [-0.1, -0.05) is 11.6 Å². The maximum atomic E-state index is 13.0. The molecule has 0 spiro atoms. The molecule has 0 fully saturated rings. The fraction of sp³-hybridized carbons (Fsp3) is 0.455. The van der Waals surface area contributed by atoms with E-state index in [0.29, 0.717) is 6.54 Å². The van der Waals surface area contributed by atoms with Crippen LogP contribution in [-0.2, 0) is 6.42 Å². The van der Waals surface area contributed by atoms with E-state index in [1.807, 2.05) is 6.92 Å². The lowest BCUT2D eigenvalue weighted by molar-refractivity contribution is 0.625. The van der Waals surface area contributed by atoms with Crippen LogP contribution < -0.4 is 5.73 Å². The highest BCUT2D eigenvalue weighted by Gasteiger charge is 2.04. The van der Waals surface area contributed by atoms with E-state index < -0.39 is 0 Å². The van der Waals surface area contributed by atoms with Gasteiger partial charge in [0.25, 0.3) is 0 Å². The van der Waals surface area contributed by atoms with Gasteiger partial charge in [0.15, 0.2) is 0 Å². The molecule has 0 bridgehead atoms. The van der Waals surface area contributed by atoms with Crippen LogP contribution in [0.3, 0.4) is 0 Å². The largest absolute Gasteiger partial charge is 0.330 e. The maximum absolute atomic E-state index is 13.0. The van der Waals surface area contributed by atoms with E-state index in [4.69, 9.17) is 17.3 Å². The van der Waals surface area contributed by atoms with Crippen molar-refractivity contribution in [3.05, 3.63) is 34.1 Å². The first-order chi connectivity index (χ1) is 6.65. The molecular formula is C11H15ClFN. The fourth-order valence-electron chi connectivity index (χ4n) is 1.42. The van der Waals surface area contributed by atoms with Crippen molar-refractivity contribution in [2.24, 2.45) is 5.73 Å². The number of unbranched alkanes of at least 4 members (excludes halogenated alkanes) is 1. The van der Waals surface area contributed by atoms with Gasteiger partial charge in [-0.2, -0.15) is 0 Å². The van der Waals surface area contributed by atoms with E-state index in [1.54, 1.807) is 6.07 Å². The summed E-state index contributed by atoms with van der Waals surface area (Å²) in [5.74, 6) is -0.341. The summed E-state index contributed by atoms with van der Waals surface area (Å²) >= 11 is 5.70. The van der Waals surface area contributed by atoms with Gasteiger partial charge in [0.1, 0.15) is 5.82 Å². The number of hydrogen-bond acceptors (Lipinski definition) is 1. The first-order valence-electron chi connectivity index (χ1n) is 4.79. The van der Waals surface area contributed by atoms with Crippen LogP contribution in [0, 0.1) is 12.7 Å². The molecule has 2 N–H and O–H groups in total. The molecule has 1 rings (SSSR count). The van der Waals surface area contributed by atoms with Crippen LogP contribution in [0.15, 0.2) is 12.1 Å². The van der Waals surface area contributed by atoms with E-state index >= 15 is 0 Å². The fourth-order valence-corrected chi connectivity index (χ4v) is 1.60. The van der Waals surface area contributed by atoms with Gasteiger partial charge < -0.3 is 5.73 Å². The van der Waals surface area contributed by atoms with Gasteiger partial charge in [0, 0.05) is 0 Å². The van der Waals surface area contributed by atoms with E-state index in [9.17, 15) is 4.39 Å². The average molecular weight is 216 g/mol. The minimum Gasteiger partial charge on any atom is -0.330 e. The number of aryl methyl sites for hydroxylation is 2. The van der Waals surface area contributed by atoms with E-state index in [-0.39, 0.29) is 10.8 Å². The second-order valence-corrected chi connectivity index (χ2v) is 3.85. The lowest BCUT2D eigenvalue weighted by Gasteiger charge is -2.06. The zero-order valence-electron chi connectivity index (χ0n) is 8.32. The molecule has 0 saturated heterocycles. The van der Waals surface area contributed by atoms with E-state index in [1.165, 1.54) is 6.07 Å². The molecular weight excluding hydrogens is 201 g/mol. The van der Waals surface area contributed by atoms with Crippen LogP contribution in [0.5, 0.6) is 0 Å². The van der Waals surface area contributed by atoms with Crippen molar-refractivity contribution < 1.29 is 4.39 Å². The molecule has 0 radical (unpaired) electrons. The number of rotatable bonds is 4. The molecule has 0 aliphatic carbocycles. The van der Waals surface area contributed by atoms with Crippen molar-refractivity contribution in [2.45, 2.75) is 26.2 Å². The number of nitrogens with two attached hydrogens (primary N) is 1. The Labute approximate surface area is 89.1 Å². The van der Waals surface area contributed by atoms with Crippen LogP contribution >= 0.6 is 11.6 Å². The molecule has 0 aromatic heterocycles. The Morgan fingerprint density at radius 3 is 2.71 bits per heavy atom. The van der Waals surface area contributed by atoms with E-state index in [0.717, 1.165) is 30.4 Å². The third-order valence-corrected chi connectivity index (χ3v) is 2.57. The van der Waals surface area contributed by atoms with E-state index in [2.05, 4.69) is 0 Å². The summed E-state index contributed by atoms with van der Waals surface area (Å²) in [5.41, 5.74) is 7.48. The van der Waals surface area contributed by atoms with Crippen molar-refractivity contribution in [2.75, 3.05) is 6.54 Å². The Hall–Kier alpha value is -0.600. The van der Waals surface area contributed by atoms with Gasteiger partial charge in [0.2, 0.25) is 0 Å². The summed E-state index contributed by atoms with van der Waals surface area (Å²) in [6.45, 7) is 2.60. The number of hydrogen-bond donors (Lipinski definition) is 1. The Kier molecular flexibility index (Phi) is 4.36. The van der Waals surface area contributed by atoms with Gasteiger partial charge >= 0.3 is 0 Å². The Balaban J connectivity index is 2.72. The highest BCUT2D eigenvalue weighted by atomic mass is 35.5. The standard InChI is InChI=1S/C11H15ClFN/c1-8-6-11(13)10(12)7-9(8)4-2-3-5-14/h6-7H,2-5,14H2,1H3. The second kappa shape index (κ2) is 5.32. The quantitative estimate of drug-likeness (QED) is 0.768. The number of benzene rings is 1. The summed E-state index contributed by atoms with van der Waals surface area (Å²) in [7, 11) is 0. The Morgan fingerprint density at radius 1 is 1.36 bits per heavy atom. The normalized spacial score (nSPS) is 10.6. The van der Waals surface area contributed by atoms with Gasteiger partial charge in [0.05, 0.1) is 5.02 Å². The van der Waals surface area contributed by atoms with Crippen molar-refractivity contribution in [1.82, 2.24) is 0 Å². The highest BCUT2D eigenvalue weighted by molar-refractivity contribution is 6.30. The van der Waals surface area contributed by atoms with Gasteiger partial charge in [-0.3, -0.25) is 0 Å². The van der Waals surface area contributed by atoms with Crippen LogP contribution in [-0.4, -0.2) is 6.54 Å². The topological polar surface area (TPSA) is 26.0 Å². The van der Waals surface area contributed by atoms with Gasteiger partial charge in [-0.25, -0.2) is 4.39 Å². The molecule has 1 nitrogen and oxygen atoms in total. The van der Waals surface area contributed by atoms with Crippen LogP contribution in [0.1, 0.15) is 24.0 Å².